The van der Waals surface area contributed by atoms with Crippen molar-refractivity contribution in [2.24, 2.45) is 11.1 Å². The molecule has 0 radical (unpaired) electrons. The van der Waals surface area contributed by atoms with E-state index in [1.807, 2.05) is 4.57 Å². The molecule has 0 saturated heterocycles. The summed E-state index contributed by atoms with van der Waals surface area (Å²) in [5.41, 5.74) is 13.2. The summed E-state index contributed by atoms with van der Waals surface area (Å²) in [4.78, 5) is 15.6. The van der Waals surface area contributed by atoms with Crippen molar-refractivity contribution in [1.29, 1.82) is 0 Å². The van der Waals surface area contributed by atoms with Crippen LogP contribution in [-0.2, 0) is 6.54 Å². The van der Waals surface area contributed by atoms with Crippen LogP contribution in [0.5, 0.6) is 0 Å². The summed E-state index contributed by atoms with van der Waals surface area (Å²) in [6.45, 7) is 0.805. The van der Waals surface area contributed by atoms with Gasteiger partial charge in [0.2, 0.25) is 11.9 Å². The molecule has 1 fully saturated rings. The molecule has 1 aliphatic rings. The first-order chi connectivity index (χ1) is 9.46. The van der Waals surface area contributed by atoms with E-state index in [1.54, 1.807) is 12.1 Å². The number of aliphatic hydroxyl groups excluding tert-OH is 1. The van der Waals surface area contributed by atoms with Gasteiger partial charge in [0.05, 0.1) is 17.6 Å². The van der Waals surface area contributed by atoms with E-state index < -0.39 is 5.91 Å². The molecule has 0 bridgehead atoms. The lowest BCUT2D eigenvalue weighted by Crippen LogP contribution is -2.17. The van der Waals surface area contributed by atoms with E-state index in [0.29, 0.717) is 23.6 Å². The Balaban J connectivity index is 2.13. The summed E-state index contributed by atoms with van der Waals surface area (Å²) in [6, 6.07) is 3.40. The van der Waals surface area contributed by atoms with Gasteiger partial charge in [-0.05, 0) is 47.6 Å². The zero-order valence-corrected chi connectivity index (χ0v) is 12.9. The molecule has 106 valence electrons. The molecular formula is C13H15IN4O2. The van der Waals surface area contributed by atoms with Crippen LogP contribution in [0.3, 0.4) is 0 Å². The number of rotatable bonds is 4. The summed E-state index contributed by atoms with van der Waals surface area (Å²) in [6.07, 6.45) is 2.00. The normalized spacial score (nSPS) is 16.5. The summed E-state index contributed by atoms with van der Waals surface area (Å²) in [5, 5.41) is 9.47. The molecule has 7 heteroatoms. The number of imidazole rings is 1. The fraction of sp³-hybridized carbons (Fsp3) is 0.385. The third kappa shape index (κ3) is 2.14. The smallest absolute Gasteiger partial charge is 0.248 e. The van der Waals surface area contributed by atoms with Crippen molar-refractivity contribution in [1.82, 2.24) is 9.55 Å². The van der Waals surface area contributed by atoms with Crippen LogP contribution in [0.2, 0.25) is 0 Å². The number of nitrogen functional groups attached to an aromatic ring is 1. The number of amides is 1. The molecule has 0 atom stereocenters. The first-order valence-electron chi connectivity index (χ1n) is 6.32. The number of hydrogen-bond donors (Lipinski definition) is 3. The Bertz CT molecular complexity index is 706. The van der Waals surface area contributed by atoms with Gasteiger partial charge in [0.15, 0.2) is 0 Å². The molecular weight excluding hydrogens is 371 g/mol. The summed E-state index contributed by atoms with van der Waals surface area (Å²) in [5.74, 6) is -0.0776. The van der Waals surface area contributed by atoms with E-state index in [4.69, 9.17) is 11.5 Å². The fourth-order valence-electron chi connectivity index (χ4n) is 2.42. The number of nitrogens with two attached hydrogens (primary N) is 2. The quantitative estimate of drug-likeness (QED) is 0.684. The highest BCUT2D eigenvalue weighted by Gasteiger charge is 2.43. The van der Waals surface area contributed by atoms with Gasteiger partial charge in [0, 0.05) is 21.1 Å². The number of nitrogens with zero attached hydrogens (tertiary/aromatic N) is 2. The number of halogens is 1. The molecule has 1 aliphatic carbocycles. The Morgan fingerprint density at radius 2 is 2.20 bits per heavy atom. The molecule has 5 N–H and O–H groups in total. The monoisotopic (exact) mass is 386 g/mol. The van der Waals surface area contributed by atoms with Crippen LogP contribution < -0.4 is 11.5 Å². The second kappa shape index (κ2) is 4.59. The average molecular weight is 386 g/mol. The predicted octanol–water partition coefficient (Wildman–Crippen LogP) is 1.09. The Labute approximate surface area is 129 Å². The van der Waals surface area contributed by atoms with Crippen LogP contribution in [0.4, 0.5) is 5.95 Å². The van der Waals surface area contributed by atoms with Gasteiger partial charge in [-0.15, -0.1) is 0 Å². The molecule has 6 nitrogen and oxygen atoms in total. The van der Waals surface area contributed by atoms with Gasteiger partial charge < -0.3 is 21.1 Å². The minimum Gasteiger partial charge on any atom is -0.396 e. The number of aromatic nitrogens is 2. The van der Waals surface area contributed by atoms with E-state index in [2.05, 4.69) is 27.6 Å². The Kier molecular flexibility index (Phi) is 3.13. The van der Waals surface area contributed by atoms with Crippen LogP contribution >= 0.6 is 22.6 Å². The number of aliphatic hydroxyl groups is 1. The van der Waals surface area contributed by atoms with Crippen molar-refractivity contribution in [2.75, 3.05) is 12.3 Å². The van der Waals surface area contributed by atoms with Gasteiger partial charge in [0.25, 0.3) is 0 Å². The standard InChI is InChI=1S/C13H15IN4O2/c14-8-3-7(11(15)20)4-9-10(8)18(12(16)17-9)5-13(6-19)1-2-13/h3-4,19H,1-2,5-6H2,(H2,15,20)(H2,16,17). The summed E-state index contributed by atoms with van der Waals surface area (Å²) in [7, 11) is 0. The first kappa shape index (κ1) is 13.6. The molecule has 0 aliphatic heterocycles. The van der Waals surface area contributed by atoms with Crippen molar-refractivity contribution >= 4 is 45.5 Å². The van der Waals surface area contributed by atoms with E-state index in [1.165, 1.54) is 0 Å². The topological polar surface area (TPSA) is 107 Å². The van der Waals surface area contributed by atoms with Crippen LogP contribution in [0.1, 0.15) is 23.2 Å². The van der Waals surface area contributed by atoms with Crippen molar-refractivity contribution < 1.29 is 9.90 Å². The van der Waals surface area contributed by atoms with E-state index in [0.717, 1.165) is 21.9 Å². The van der Waals surface area contributed by atoms with Crippen molar-refractivity contribution in [3.05, 3.63) is 21.3 Å². The van der Waals surface area contributed by atoms with Crippen LogP contribution in [0, 0.1) is 8.99 Å². The van der Waals surface area contributed by atoms with Gasteiger partial charge in [-0.3, -0.25) is 4.79 Å². The summed E-state index contributed by atoms with van der Waals surface area (Å²) >= 11 is 2.15. The number of fused-ring (bicyclic) bond motifs is 1. The maximum atomic E-state index is 11.3. The van der Waals surface area contributed by atoms with Crippen molar-refractivity contribution in [3.8, 4) is 0 Å². The lowest BCUT2D eigenvalue weighted by Gasteiger charge is -2.15. The number of carbonyl (C=O) groups is 1. The largest absolute Gasteiger partial charge is 0.396 e. The molecule has 3 rings (SSSR count). The molecule has 1 amide bonds. The van der Waals surface area contributed by atoms with Gasteiger partial charge in [0.1, 0.15) is 0 Å². The SMILES string of the molecule is NC(=O)c1cc(I)c2c(c1)nc(N)n2CC1(CO)CC1. The highest BCUT2D eigenvalue weighted by molar-refractivity contribution is 14.1. The number of carbonyl (C=O) groups excluding carboxylic acids is 1. The lowest BCUT2D eigenvalue weighted by atomic mass is 10.1. The van der Waals surface area contributed by atoms with Gasteiger partial charge >= 0.3 is 0 Å². The number of primary amides is 1. The van der Waals surface area contributed by atoms with E-state index in [-0.39, 0.29) is 12.0 Å². The molecule has 1 heterocycles. The van der Waals surface area contributed by atoms with Gasteiger partial charge in [-0.1, -0.05) is 0 Å². The maximum Gasteiger partial charge on any atom is 0.248 e. The van der Waals surface area contributed by atoms with Gasteiger partial charge in [-0.25, -0.2) is 4.98 Å². The Hall–Kier alpha value is -1.35. The summed E-state index contributed by atoms with van der Waals surface area (Å²) < 4.78 is 2.80. The second-order valence-electron chi connectivity index (χ2n) is 5.40. The third-order valence-corrected chi connectivity index (χ3v) is 4.72. The Morgan fingerprint density at radius 1 is 1.50 bits per heavy atom. The average Bonchev–Trinajstić information content (AvgIpc) is 3.09. The van der Waals surface area contributed by atoms with Gasteiger partial charge in [-0.2, -0.15) is 0 Å². The Morgan fingerprint density at radius 3 is 2.75 bits per heavy atom. The molecule has 20 heavy (non-hydrogen) atoms. The van der Waals surface area contributed by atoms with Crippen LogP contribution in [-0.4, -0.2) is 27.2 Å². The third-order valence-electron chi connectivity index (χ3n) is 3.90. The fourth-order valence-corrected chi connectivity index (χ4v) is 3.32. The van der Waals surface area contributed by atoms with Crippen molar-refractivity contribution in [2.45, 2.75) is 19.4 Å². The maximum absolute atomic E-state index is 11.3. The van der Waals surface area contributed by atoms with E-state index in [9.17, 15) is 9.90 Å². The van der Waals surface area contributed by atoms with Crippen LogP contribution in [0.15, 0.2) is 12.1 Å². The predicted molar refractivity (Wildman–Crippen MR) is 84.1 cm³/mol. The highest BCUT2D eigenvalue weighted by atomic mass is 127. The lowest BCUT2D eigenvalue weighted by molar-refractivity contribution is 0.100. The number of anilines is 1. The zero-order valence-electron chi connectivity index (χ0n) is 10.8. The van der Waals surface area contributed by atoms with E-state index >= 15 is 0 Å². The zero-order chi connectivity index (χ0) is 14.5. The molecule has 2 aromatic rings. The number of benzene rings is 1. The molecule has 0 spiro atoms. The molecule has 1 saturated carbocycles. The first-order valence-corrected chi connectivity index (χ1v) is 7.40. The van der Waals surface area contributed by atoms with Crippen molar-refractivity contribution in [3.63, 3.8) is 0 Å². The minimum atomic E-state index is -0.480. The molecule has 1 aromatic heterocycles. The molecule has 1 aromatic carbocycles. The highest BCUT2D eigenvalue weighted by Crippen LogP contribution is 2.47. The molecule has 0 unspecified atom stereocenters. The minimum absolute atomic E-state index is 0.0623. The second-order valence-corrected chi connectivity index (χ2v) is 6.57. The number of hydrogen-bond acceptors (Lipinski definition) is 4. The van der Waals surface area contributed by atoms with Crippen LogP contribution in [0.25, 0.3) is 11.0 Å².